The minimum atomic E-state index is -0.776. The van der Waals surface area contributed by atoms with Crippen LogP contribution in [0.1, 0.15) is 63.5 Å². The first-order chi connectivity index (χ1) is 13.9. The van der Waals surface area contributed by atoms with Gasteiger partial charge in [-0.1, -0.05) is 37.6 Å². The molecular weight excluding hydrogens is 392 g/mol. The summed E-state index contributed by atoms with van der Waals surface area (Å²) in [7, 11) is 0. The van der Waals surface area contributed by atoms with Crippen molar-refractivity contribution in [3.8, 4) is 5.75 Å². The van der Waals surface area contributed by atoms with E-state index in [-0.39, 0.29) is 23.6 Å². The van der Waals surface area contributed by atoms with Crippen LogP contribution in [0.4, 0.5) is 0 Å². The third kappa shape index (κ3) is 7.65. The van der Waals surface area contributed by atoms with Gasteiger partial charge in [0, 0.05) is 17.7 Å². The monoisotopic (exact) mass is 424 g/mol. The Kier molecular flexibility index (Phi) is 9.98. The number of carbonyl (C=O) groups is 1. The first-order valence-electron chi connectivity index (χ1n) is 10.5. The zero-order chi connectivity index (χ0) is 21.2. The fourth-order valence-electron chi connectivity index (χ4n) is 3.88. The van der Waals surface area contributed by atoms with E-state index in [1.807, 2.05) is 43.3 Å². The first-order valence-corrected chi connectivity index (χ1v) is 11.0. The highest BCUT2D eigenvalue weighted by molar-refractivity contribution is 6.21. The Labute approximate surface area is 178 Å². The fraction of sp³-hybridized carbons (Fsp3) is 0.609. The average molecular weight is 425 g/mol. The molecule has 1 aromatic carbocycles. The van der Waals surface area contributed by atoms with E-state index >= 15 is 0 Å². The van der Waals surface area contributed by atoms with E-state index in [1.54, 1.807) is 0 Å². The number of allylic oxidation sites excluding steroid dienone is 2. The Bertz CT molecular complexity index is 662. The van der Waals surface area contributed by atoms with Crippen molar-refractivity contribution in [2.75, 3.05) is 6.61 Å². The quantitative estimate of drug-likeness (QED) is 0.257. The summed E-state index contributed by atoms with van der Waals surface area (Å²) in [6, 6.07) is 7.48. The highest BCUT2D eigenvalue weighted by Crippen LogP contribution is 2.39. The Balaban J connectivity index is 1.89. The van der Waals surface area contributed by atoms with Gasteiger partial charge in [0.05, 0.1) is 18.8 Å². The maximum Gasteiger partial charge on any atom is 0.303 e. The molecule has 5 unspecified atom stereocenters. The molecule has 162 valence electrons. The standard InChI is InChI=1S/C23H33ClO5/c1-2-8-21(25)16-9-7-10-17(13-16)29-15-19-18(20(24)14-22(19)26)11-5-3-4-6-12-23(27)28/h3,5,7,9-10,13,18-22,25-26H,2,4,6,8,11-12,14-15H2,1H3,(H,27,28)/b5-3-. The Hall–Kier alpha value is -1.56. The highest BCUT2D eigenvalue weighted by Gasteiger charge is 2.41. The van der Waals surface area contributed by atoms with Gasteiger partial charge in [0.1, 0.15) is 5.75 Å². The number of carboxylic acids is 1. The van der Waals surface area contributed by atoms with E-state index < -0.39 is 18.2 Å². The van der Waals surface area contributed by atoms with Crippen LogP contribution in [-0.2, 0) is 4.79 Å². The lowest BCUT2D eigenvalue weighted by Gasteiger charge is -2.23. The van der Waals surface area contributed by atoms with Gasteiger partial charge in [-0.15, -0.1) is 11.6 Å². The number of carboxylic acid groups (broad SMARTS) is 1. The van der Waals surface area contributed by atoms with Crippen molar-refractivity contribution in [1.82, 2.24) is 0 Å². The third-order valence-corrected chi connectivity index (χ3v) is 6.06. The lowest BCUT2D eigenvalue weighted by molar-refractivity contribution is -0.137. The SMILES string of the molecule is CCCC(O)c1cccc(OCC2C(O)CC(Cl)C2C/C=C\CCCC(=O)O)c1. The molecule has 0 amide bonds. The summed E-state index contributed by atoms with van der Waals surface area (Å²) in [5.74, 6) is -0.0471. The molecule has 5 atom stereocenters. The van der Waals surface area contributed by atoms with E-state index in [1.165, 1.54) is 0 Å². The van der Waals surface area contributed by atoms with Crippen LogP contribution in [0, 0.1) is 11.8 Å². The van der Waals surface area contributed by atoms with Crippen molar-refractivity contribution in [3.05, 3.63) is 42.0 Å². The number of aliphatic hydroxyl groups excluding tert-OH is 2. The molecule has 5 nitrogen and oxygen atoms in total. The molecule has 1 aliphatic rings. The third-order valence-electron chi connectivity index (χ3n) is 5.56. The van der Waals surface area contributed by atoms with Gasteiger partial charge in [0.2, 0.25) is 0 Å². The highest BCUT2D eigenvalue weighted by atomic mass is 35.5. The number of hydrogen-bond donors (Lipinski definition) is 3. The van der Waals surface area contributed by atoms with Crippen LogP contribution in [0.15, 0.2) is 36.4 Å². The molecule has 0 saturated heterocycles. The average Bonchev–Trinajstić information content (AvgIpc) is 2.95. The van der Waals surface area contributed by atoms with Crippen LogP contribution in [0.25, 0.3) is 0 Å². The van der Waals surface area contributed by atoms with Crippen LogP contribution in [0.5, 0.6) is 5.75 Å². The van der Waals surface area contributed by atoms with Gasteiger partial charge in [-0.25, -0.2) is 0 Å². The molecule has 2 rings (SSSR count). The van der Waals surface area contributed by atoms with E-state index in [9.17, 15) is 15.0 Å². The molecule has 6 heteroatoms. The van der Waals surface area contributed by atoms with Gasteiger partial charge >= 0.3 is 5.97 Å². The topological polar surface area (TPSA) is 87.0 Å². The lowest BCUT2D eigenvalue weighted by Crippen LogP contribution is -2.27. The van der Waals surface area contributed by atoms with Crippen molar-refractivity contribution < 1.29 is 24.9 Å². The van der Waals surface area contributed by atoms with Gasteiger partial charge in [0.15, 0.2) is 0 Å². The number of unbranched alkanes of at least 4 members (excludes halogenated alkanes) is 1. The zero-order valence-electron chi connectivity index (χ0n) is 17.0. The maximum absolute atomic E-state index is 10.5. The largest absolute Gasteiger partial charge is 0.493 e. The lowest BCUT2D eigenvalue weighted by atomic mass is 9.92. The van der Waals surface area contributed by atoms with Crippen molar-refractivity contribution in [1.29, 1.82) is 0 Å². The summed E-state index contributed by atoms with van der Waals surface area (Å²) in [5.41, 5.74) is 0.840. The summed E-state index contributed by atoms with van der Waals surface area (Å²) in [6.45, 7) is 2.41. The molecule has 1 aromatic rings. The predicted molar refractivity (Wildman–Crippen MR) is 114 cm³/mol. The summed E-state index contributed by atoms with van der Waals surface area (Å²) in [4.78, 5) is 10.5. The molecule has 0 aromatic heterocycles. The second kappa shape index (κ2) is 12.2. The van der Waals surface area contributed by atoms with Gasteiger partial charge in [-0.3, -0.25) is 4.79 Å². The number of alkyl halides is 1. The summed E-state index contributed by atoms with van der Waals surface area (Å²) >= 11 is 6.47. The summed E-state index contributed by atoms with van der Waals surface area (Å²) in [5, 5.41) is 29.2. The second-order valence-electron chi connectivity index (χ2n) is 7.83. The molecule has 0 bridgehead atoms. The second-order valence-corrected chi connectivity index (χ2v) is 8.39. The Morgan fingerprint density at radius 1 is 1.34 bits per heavy atom. The molecule has 0 aliphatic heterocycles. The fourth-order valence-corrected chi connectivity index (χ4v) is 4.35. The Morgan fingerprint density at radius 2 is 2.14 bits per heavy atom. The van der Waals surface area contributed by atoms with Gasteiger partial charge in [0.25, 0.3) is 0 Å². The Morgan fingerprint density at radius 3 is 2.86 bits per heavy atom. The number of hydrogen-bond acceptors (Lipinski definition) is 4. The molecule has 0 spiro atoms. The van der Waals surface area contributed by atoms with Crippen molar-refractivity contribution in [3.63, 3.8) is 0 Å². The predicted octanol–water partition coefficient (Wildman–Crippen LogP) is 4.70. The number of rotatable bonds is 12. The van der Waals surface area contributed by atoms with E-state index in [0.717, 1.165) is 24.8 Å². The zero-order valence-corrected chi connectivity index (χ0v) is 17.8. The molecule has 3 N–H and O–H groups in total. The van der Waals surface area contributed by atoms with Crippen molar-refractivity contribution >= 4 is 17.6 Å². The molecule has 0 radical (unpaired) electrons. The number of ether oxygens (including phenoxy) is 1. The minimum Gasteiger partial charge on any atom is -0.493 e. The first kappa shape index (κ1) is 23.7. The molecule has 0 heterocycles. The molecular formula is C23H33ClO5. The van der Waals surface area contributed by atoms with Gasteiger partial charge < -0.3 is 20.1 Å². The number of aliphatic carboxylic acids is 1. The van der Waals surface area contributed by atoms with Crippen molar-refractivity contribution in [2.24, 2.45) is 11.8 Å². The van der Waals surface area contributed by atoms with Crippen molar-refractivity contribution in [2.45, 2.75) is 69.5 Å². The molecule has 29 heavy (non-hydrogen) atoms. The maximum atomic E-state index is 10.5. The van der Waals surface area contributed by atoms with Crippen LogP contribution in [-0.4, -0.2) is 39.4 Å². The van der Waals surface area contributed by atoms with Crippen LogP contribution in [0.2, 0.25) is 0 Å². The number of aliphatic hydroxyl groups is 2. The van der Waals surface area contributed by atoms with E-state index in [0.29, 0.717) is 31.6 Å². The van der Waals surface area contributed by atoms with Gasteiger partial charge in [-0.2, -0.15) is 0 Å². The molecule has 1 fully saturated rings. The van der Waals surface area contributed by atoms with Crippen LogP contribution >= 0.6 is 11.6 Å². The summed E-state index contributed by atoms with van der Waals surface area (Å²) < 4.78 is 5.96. The van der Waals surface area contributed by atoms with Gasteiger partial charge in [-0.05, 0) is 55.7 Å². The molecule has 1 saturated carbocycles. The van der Waals surface area contributed by atoms with Crippen LogP contribution in [0.3, 0.4) is 0 Å². The van der Waals surface area contributed by atoms with E-state index in [4.69, 9.17) is 21.4 Å². The molecule has 1 aliphatic carbocycles. The number of halogens is 1. The number of benzene rings is 1. The van der Waals surface area contributed by atoms with E-state index in [2.05, 4.69) is 0 Å². The smallest absolute Gasteiger partial charge is 0.303 e. The normalized spacial score (nSPS) is 25.4. The van der Waals surface area contributed by atoms with Crippen LogP contribution < -0.4 is 4.74 Å². The summed E-state index contributed by atoms with van der Waals surface area (Å²) in [6.07, 6.45) is 7.45. The minimum absolute atomic E-state index is 0.0645.